The molecule has 0 radical (unpaired) electrons. The number of unbranched alkanes of at least 4 members (excludes halogenated alkanes) is 3. The zero-order valence-corrected chi connectivity index (χ0v) is 50.6. The van der Waals surface area contributed by atoms with Crippen molar-refractivity contribution in [3.8, 4) is 6.07 Å². The highest BCUT2D eigenvalue weighted by Crippen LogP contribution is 2.47. The van der Waals surface area contributed by atoms with E-state index < -0.39 is 161 Å². The summed E-state index contributed by atoms with van der Waals surface area (Å²) < 4.78 is 69.9. The average Bonchev–Trinajstić information content (AvgIpc) is 1.63. The molecule has 2 heterocycles. The van der Waals surface area contributed by atoms with Gasteiger partial charge in [-0.25, -0.2) is 19.7 Å². The van der Waals surface area contributed by atoms with Gasteiger partial charge < -0.3 is 72.4 Å². The van der Waals surface area contributed by atoms with Crippen LogP contribution in [0.15, 0.2) is 0 Å². The molecule has 0 aromatic rings. The second-order valence-corrected chi connectivity index (χ2v) is 21.3. The third kappa shape index (κ3) is 28.9. The summed E-state index contributed by atoms with van der Waals surface area (Å²) in [6.45, 7) is 15.5. The molecular weight excluding hydrogens is 1140 g/mol. The van der Waals surface area contributed by atoms with Gasteiger partial charge in [0.15, 0.2) is 30.7 Å². The maximum absolute atomic E-state index is 13.0. The van der Waals surface area contributed by atoms with Crippen LogP contribution in [0.25, 0.3) is 0 Å². The van der Waals surface area contributed by atoms with E-state index in [1.165, 1.54) is 20.8 Å². The standard InChI is InChI=1S/C52H84N7O24P/c1-29(2)59(30(3)4)84(76-24-18-21-53)83-39(25-74-52(70)57-43(68)20-15-14-19-40-44(55-31(5)60)48(79-37(11)66)46(77-35(9)64)41(81-40)27-72-33(7)62)26-75-58-51(69)54-22-16-13-17-23-71-50-45(56-32(6)61)49(80-38(12)67)47(78-36(10)65)42(82-50)28-73-34(8)63/h29-30,39-42,44-50H,13-20,22-28H2,1-12H3,(H,55,60)(H,56,61)(H2,54,58,69)(H,57,68,70)/t39?,40-,41-,42-,44-,45-,46+,47+,48-,49-,50-,84?/m1/s1. The van der Waals surface area contributed by atoms with Crippen molar-refractivity contribution in [2.75, 3.05) is 46.2 Å². The molecule has 0 aromatic heterocycles. The molecule has 2 aliphatic heterocycles. The lowest BCUT2D eigenvalue weighted by atomic mass is 9.89. The SMILES string of the molecule is CC(=O)N[C@H]1[C@H](OCCCCCNC(=O)NOCC(COC(=O)NC(=O)CCCC[C@H]2O[C@H](COC(C)=O)[C@H](OC(C)=O)[C@H](OC(C)=O)[C@@H]2NC(C)=O)OP(OCCC#N)N(C(C)C)C(C)C)O[C@H](COC(C)=O)[C@H](OC(C)=O)[C@@H]1OC(C)=O. The van der Waals surface area contributed by atoms with Crippen molar-refractivity contribution in [1.82, 2.24) is 31.4 Å². The van der Waals surface area contributed by atoms with Crippen LogP contribution >= 0.6 is 8.53 Å². The van der Waals surface area contributed by atoms with Gasteiger partial charge in [-0.1, -0.05) is 6.42 Å². The number of nitriles is 1. The summed E-state index contributed by atoms with van der Waals surface area (Å²) in [5.41, 5.74) is 2.25. The van der Waals surface area contributed by atoms with E-state index in [2.05, 4.69) is 26.7 Å². The number of amides is 6. The van der Waals surface area contributed by atoms with Crippen molar-refractivity contribution in [1.29, 1.82) is 5.26 Å². The predicted octanol–water partition coefficient (Wildman–Crippen LogP) is 2.23. The summed E-state index contributed by atoms with van der Waals surface area (Å²) in [5.74, 6) is -6.09. The van der Waals surface area contributed by atoms with Crippen molar-refractivity contribution in [2.24, 2.45) is 0 Å². The molecule has 0 spiro atoms. The molecule has 12 atom stereocenters. The number of ether oxygens (including phenoxy) is 10. The molecular formula is C52H84N7O24P. The number of rotatable bonds is 35. The van der Waals surface area contributed by atoms with Crippen molar-refractivity contribution < 1.29 is 114 Å². The van der Waals surface area contributed by atoms with Gasteiger partial charge in [-0.05, 0) is 59.8 Å². The van der Waals surface area contributed by atoms with E-state index in [-0.39, 0.29) is 70.6 Å². The molecule has 6 amide bonds. The van der Waals surface area contributed by atoms with E-state index in [0.29, 0.717) is 19.3 Å². The molecule has 2 fully saturated rings. The molecule has 2 rings (SSSR count). The average molecular weight is 1220 g/mol. The molecule has 0 saturated carbocycles. The molecule has 32 heteroatoms. The van der Waals surface area contributed by atoms with Crippen molar-refractivity contribution >= 4 is 74.2 Å². The third-order valence-corrected chi connectivity index (χ3v) is 14.0. The van der Waals surface area contributed by atoms with Crippen LogP contribution < -0.4 is 26.7 Å². The van der Waals surface area contributed by atoms with E-state index in [9.17, 15) is 58.0 Å². The zero-order chi connectivity index (χ0) is 63.1. The molecule has 84 heavy (non-hydrogen) atoms. The Kier molecular flexibility index (Phi) is 34.5. The van der Waals surface area contributed by atoms with Crippen LogP contribution in [0.5, 0.6) is 0 Å². The van der Waals surface area contributed by atoms with Crippen molar-refractivity contribution in [2.45, 2.75) is 214 Å². The van der Waals surface area contributed by atoms with Crippen LogP contribution in [-0.2, 0) is 104 Å². The predicted molar refractivity (Wildman–Crippen MR) is 288 cm³/mol. The lowest BCUT2D eigenvalue weighted by Crippen LogP contribution is -2.66. The number of nitrogens with zero attached hydrogens (tertiary/aromatic N) is 2. The first-order chi connectivity index (χ1) is 39.6. The molecule has 31 nitrogen and oxygen atoms in total. The van der Waals surface area contributed by atoms with E-state index >= 15 is 0 Å². The number of hydrogen-bond acceptors (Lipinski definition) is 26. The fourth-order valence-corrected chi connectivity index (χ4v) is 10.4. The quantitative estimate of drug-likeness (QED) is 0.0200. The third-order valence-electron chi connectivity index (χ3n) is 11.8. The van der Waals surface area contributed by atoms with Gasteiger partial charge >= 0.3 is 47.9 Å². The Morgan fingerprint density at radius 1 is 0.595 bits per heavy atom. The van der Waals surface area contributed by atoms with Gasteiger partial charge in [0.1, 0.15) is 50.8 Å². The number of urea groups is 1. The van der Waals surface area contributed by atoms with Gasteiger partial charge in [-0.15, -0.1) is 0 Å². The lowest BCUT2D eigenvalue weighted by Gasteiger charge is -2.45. The van der Waals surface area contributed by atoms with E-state index in [4.69, 9.17) is 61.3 Å². The van der Waals surface area contributed by atoms with Gasteiger partial charge in [0.05, 0.1) is 31.2 Å². The maximum Gasteiger partial charge on any atom is 0.413 e. The molecule has 0 bridgehead atoms. The van der Waals surface area contributed by atoms with Gasteiger partial charge in [0, 0.05) is 87.0 Å². The lowest BCUT2D eigenvalue weighted by molar-refractivity contribution is -0.277. The summed E-state index contributed by atoms with van der Waals surface area (Å²) in [4.78, 5) is 141. The second-order valence-electron chi connectivity index (χ2n) is 19.9. The number of carbonyl (C=O) groups is 11. The molecule has 5 N–H and O–H groups in total. The summed E-state index contributed by atoms with van der Waals surface area (Å²) >= 11 is 0. The first-order valence-electron chi connectivity index (χ1n) is 27.4. The number of esters is 6. The molecule has 0 aromatic carbocycles. The Morgan fingerprint density at radius 2 is 1.13 bits per heavy atom. The Balaban J connectivity index is 2.07. The van der Waals surface area contributed by atoms with Gasteiger partial charge in [0.25, 0.3) is 8.53 Å². The van der Waals surface area contributed by atoms with E-state index in [0.717, 1.165) is 34.6 Å². The maximum atomic E-state index is 13.0. The van der Waals surface area contributed by atoms with Crippen LogP contribution in [0, 0.1) is 11.3 Å². The minimum atomic E-state index is -1.92. The van der Waals surface area contributed by atoms with E-state index in [1.54, 1.807) is 0 Å². The fourth-order valence-electron chi connectivity index (χ4n) is 8.69. The molecule has 0 aliphatic carbocycles. The van der Waals surface area contributed by atoms with Gasteiger partial charge in [-0.3, -0.25) is 53.3 Å². The zero-order valence-electron chi connectivity index (χ0n) is 49.8. The fraction of sp³-hybridized carbons (Fsp3) is 0.769. The molecule has 2 aliphatic rings. The Morgan fingerprint density at radius 3 is 1.65 bits per heavy atom. The summed E-state index contributed by atoms with van der Waals surface area (Å²) in [5, 5.41) is 19.3. The van der Waals surface area contributed by atoms with Gasteiger partial charge in [0.2, 0.25) is 17.7 Å². The normalized spacial score (nSPS) is 22.6. The number of carbonyl (C=O) groups excluding carboxylic acids is 11. The number of imide groups is 1. The van der Waals surface area contributed by atoms with Crippen LogP contribution in [0.1, 0.15) is 134 Å². The highest BCUT2D eigenvalue weighted by Gasteiger charge is 2.52. The summed E-state index contributed by atoms with van der Waals surface area (Å²) in [6, 6.07) is -1.14. The Labute approximate surface area is 489 Å². The highest BCUT2D eigenvalue weighted by molar-refractivity contribution is 7.44. The topological polar surface area (TPSA) is 395 Å². The molecule has 2 unspecified atom stereocenters. The second kappa shape index (κ2) is 39.3. The summed E-state index contributed by atoms with van der Waals surface area (Å²) in [7, 11) is -1.92. The first-order valence-corrected chi connectivity index (χ1v) is 28.6. The Bertz CT molecular complexity index is 2210. The number of hydrogen-bond donors (Lipinski definition) is 5. The number of alkyl carbamates (subject to hydrolysis) is 1. The van der Waals surface area contributed by atoms with Crippen LogP contribution in [0.3, 0.4) is 0 Å². The van der Waals surface area contributed by atoms with Crippen LogP contribution in [0.2, 0.25) is 0 Å². The number of nitrogens with one attached hydrogen (secondary N) is 5. The number of hydroxylamine groups is 1. The molecule has 476 valence electrons. The minimum Gasteiger partial charge on any atom is -0.463 e. The minimum absolute atomic E-state index is 0.00420. The van der Waals surface area contributed by atoms with Crippen molar-refractivity contribution in [3.05, 3.63) is 0 Å². The summed E-state index contributed by atoms with van der Waals surface area (Å²) in [6.07, 6.45) is -9.88. The van der Waals surface area contributed by atoms with Gasteiger partial charge in [-0.2, -0.15) is 5.26 Å². The smallest absolute Gasteiger partial charge is 0.413 e. The van der Waals surface area contributed by atoms with E-state index in [1.807, 2.05) is 38.4 Å². The first kappa shape index (κ1) is 73.7. The molecule has 2 saturated heterocycles. The largest absolute Gasteiger partial charge is 0.463 e. The highest BCUT2D eigenvalue weighted by atomic mass is 31.2. The van der Waals surface area contributed by atoms with Crippen LogP contribution in [-0.4, -0.2) is 196 Å². The monoisotopic (exact) mass is 1220 g/mol. The van der Waals surface area contributed by atoms with Crippen molar-refractivity contribution in [3.63, 3.8) is 0 Å². The Hall–Kier alpha value is -6.39. The van der Waals surface area contributed by atoms with Crippen LogP contribution in [0.4, 0.5) is 9.59 Å².